The lowest BCUT2D eigenvalue weighted by molar-refractivity contribution is -0.127. The highest BCUT2D eigenvalue weighted by atomic mass is 16.1. The van der Waals surface area contributed by atoms with E-state index in [2.05, 4.69) is 25.0 Å². The molecule has 4 aliphatic rings. The number of carbonyl (C=O) groups excluding carboxylic acids is 1. The third-order valence-corrected chi connectivity index (χ3v) is 9.55. The summed E-state index contributed by atoms with van der Waals surface area (Å²) in [6.07, 6.45) is 15.3. The number of aromatic nitrogens is 2. The van der Waals surface area contributed by atoms with E-state index in [0.717, 1.165) is 36.0 Å². The summed E-state index contributed by atoms with van der Waals surface area (Å²) in [5.74, 6) is 5.56. The molecule has 0 N–H and O–H groups in total. The second kappa shape index (κ2) is 7.25. The molecule has 156 valence electrons. The van der Waals surface area contributed by atoms with Gasteiger partial charge in [0.1, 0.15) is 6.07 Å². The van der Waals surface area contributed by atoms with Gasteiger partial charge in [-0.2, -0.15) is 10.4 Å². The minimum Gasteiger partial charge on any atom is -0.297 e. The van der Waals surface area contributed by atoms with E-state index in [1.807, 2.05) is 0 Å². The van der Waals surface area contributed by atoms with Crippen molar-refractivity contribution in [3.63, 3.8) is 0 Å². The molecule has 4 fully saturated rings. The molecule has 1 heterocycles. The number of nitrogens with zero attached hydrogens (tertiary/aromatic N) is 3. The zero-order valence-electron chi connectivity index (χ0n) is 18.0. The van der Waals surface area contributed by atoms with E-state index < -0.39 is 0 Å². The first-order valence-electron chi connectivity index (χ1n) is 11.9. The van der Waals surface area contributed by atoms with Crippen molar-refractivity contribution in [2.75, 3.05) is 0 Å². The van der Waals surface area contributed by atoms with Crippen LogP contribution in [-0.4, -0.2) is 15.6 Å². The summed E-state index contributed by atoms with van der Waals surface area (Å²) in [6.45, 7) is 5.38. The standard InChI is InChI=1S/C25H35N3O/c1-16-3-8-23-21-6-4-19-18(20(21)9-10-25(23,2)11-16)5-7-22(19)24(29)15-28-14-17(12-26)13-27-28/h13-14,16,18-23H,3-11,15H2,1-2H3/t16-,18?,19-,20-,21?,22+,23+,25+/m0/s1. The molecule has 8 atom stereocenters. The van der Waals surface area contributed by atoms with Crippen LogP contribution in [0.2, 0.25) is 0 Å². The molecule has 1 aromatic rings. The zero-order valence-corrected chi connectivity index (χ0v) is 18.0. The summed E-state index contributed by atoms with van der Waals surface area (Å²) in [4.78, 5) is 13.1. The first-order chi connectivity index (χ1) is 14.0. The predicted octanol–water partition coefficient (Wildman–Crippen LogP) is 5.23. The van der Waals surface area contributed by atoms with Gasteiger partial charge >= 0.3 is 0 Å². The van der Waals surface area contributed by atoms with Crippen LogP contribution in [0.25, 0.3) is 0 Å². The smallest absolute Gasteiger partial charge is 0.157 e. The molecular formula is C25H35N3O. The number of ketones is 1. The first-order valence-corrected chi connectivity index (χ1v) is 11.9. The van der Waals surface area contributed by atoms with Gasteiger partial charge in [0.25, 0.3) is 0 Å². The third kappa shape index (κ3) is 3.25. The molecule has 1 aromatic heterocycles. The molecule has 0 aliphatic heterocycles. The SMILES string of the molecule is C[C@H]1CC[C@@H]2C3CC[C@H]4C(CC[C@H]4C(=O)Cn4cc(C#N)cn4)[C@@H]3CC[C@]2(C)C1. The average Bonchev–Trinajstić information content (AvgIpc) is 3.33. The van der Waals surface area contributed by atoms with Gasteiger partial charge in [-0.25, -0.2) is 0 Å². The first kappa shape index (κ1) is 19.3. The van der Waals surface area contributed by atoms with Gasteiger partial charge < -0.3 is 0 Å². The average molecular weight is 394 g/mol. The summed E-state index contributed by atoms with van der Waals surface area (Å²) in [5, 5.41) is 13.2. The van der Waals surface area contributed by atoms with Crippen molar-refractivity contribution in [3.05, 3.63) is 18.0 Å². The minimum atomic E-state index is 0.218. The molecule has 0 spiro atoms. The van der Waals surface area contributed by atoms with E-state index in [0.29, 0.717) is 29.2 Å². The summed E-state index contributed by atoms with van der Waals surface area (Å²) in [5.41, 5.74) is 1.12. The minimum absolute atomic E-state index is 0.218. The summed E-state index contributed by atoms with van der Waals surface area (Å²) in [7, 11) is 0. The van der Waals surface area contributed by atoms with Gasteiger partial charge in [0.2, 0.25) is 0 Å². The summed E-state index contributed by atoms with van der Waals surface area (Å²) < 4.78 is 1.66. The largest absolute Gasteiger partial charge is 0.297 e. The monoisotopic (exact) mass is 393 g/mol. The Labute approximate surface area is 175 Å². The summed E-state index contributed by atoms with van der Waals surface area (Å²) in [6, 6.07) is 2.10. The van der Waals surface area contributed by atoms with Crippen molar-refractivity contribution < 1.29 is 4.79 Å². The van der Waals surface area contributed by atoms with Crippen LogP contribution >= 0.6 is 0 Å². The van der Waals surface area contributed by atoms with Crippen molar-refractivity contribution in [2.45, 2.75) is 78.2 Å². The van der Waals surface area contributed by atoms with E-state index in [1.54, 1.807) is 17.1 Å². The number of carbonyl (C=O) groups is 1. The maximum atomic E-state index is 13.1. The van der Waals surface area contributed by atoms with Crippen LogP contribution in [-0.2, 0) is 11.3 Å². The Morgan fingerprint density at radius 3 is 2.69 bits per heavy atom. The lowest BCUT2D eigenvalue weighted by Crippen LogP contribution is -2.49. The molecule has 4 heteroatoms. The van der Waals surface area contributed by atoms with Gasteiger partial charge in [-0.1, -0.05) is 20.3 Å². The fourth-order valence-corrected chi connectivity index (χ4v) is 8.45. The molecule has 5 rings (SSSR count). The zero-order chi connectivity index (χ0) is 20.2. The normalized spacial score (nSPS) is 43.7. The van der Waals surface area contributed by atoms with E-state index in [4.69, 9.17) is 5.26 Å². The van der Waals surface area contributed by atoms with Crippen LogP contribution < -0.4 is 0 Å². The van der Waals surface area contributed by atoms with Crippen LogP contribution in [0.5, 0.6) is 0 Å². The number of hydrogen-bond donors (Lipinski definition) is 0. The Hall–Kier alpha value is -1.63. The van der Waals surface area contributed by atoms with Gasteiger partial charge in [0.05, 0.1) is 18.3 Å². The molecule has 29 heavy (non-hydrogen) atoms. The van der Waals surface area contributed by atoms with Crippen molar-refractivity contribution >= 4 is 5.78 Å². The number of rotatable bonds is 3. The quantitative estimate of drug-likeness (QED) is 0.706. The van der Waals surface area contributed by atoms with E-state index in [1.165, 1.54) is 51.4 Å². The van der Waals surface area contributed by atoms with Crippen LogP contribution in [0, 0.1) is 58.2 Å². The molecule has 0 radical (unpaired) electrons. The van der Waals surface area contributed by atoms with Crippen molar-refractivity contribution in [1.29, 1.82) is 5.26 Å². The summed E-state index contributed by atoms with van der Waals surface area (Å²) >= 11 is 0. The van der Waals surface area contributed by atoms with Gasteiger partial charge in [-0.05, 0) is 92.3 Å². The second-order valence-electron chi connectivity index (χ2n) is 11.1. The Morgan fingerprint density at radius 1 is 1.14 bits per heavy atom. The Kier molecular flexibility index (Phi) is 4.84. The van der Waals surface area contributed by atoms with Crippen LogP contribution in [0.15, 0.2) is 12.4 Å². The molecule has 0 aromatic carbocycles. The number of nitriles is 1. The third-order valence-electron chi connectivity index (χ3n) is 9.55. The van der Waals surface area contributed by atoms with Gasteiger partial charge in [-0.3, -0.25) is 9.48 Å². The molecule has 2 unspecified atom stereocenters. The van der Waals surface area contributed by atoms with Crippen LogP contribution in [0.1, 0.15) is 77.2 Å². The highest BCUT2D eigenvalue weighted by Gasteiger charge is 2.55. The molecular weight excluding hydrogens is 358 g/mol. The molecule has 4 nitrogen and oxygen atoms in total. The second-order valence-corrected chi connectivity index (χ2v) is 11.1. The fraction of sp³-hybridized carbons (Fsp3) is 0.800. The van der Waals surface area contributed by atoms with Crippen molar-refractivity contribution in [2.24, 2.45) is 46.8 Å². The highest BCUT2D eigenvalue weighted by molar-refractivity contribution is 5.81. The molecule has 0 bridgehead atoms. The van der Waals surface area contributed by atoms with Crippen LogP contribution in [0.3, 0.4) is 0 Å². The maximum Gasteiger partial charge on any atom is 0.157 e. The van der Waals surface area contributed by atoms with Crippen LogP contribution in [0.4, 0.5) is 0 Å². The van der Waals surface area contributed by atoms with Crippen molar-refractivity contribution in [3.8, 4) is 6.07 Å². The van der Waals surface area contributed by atoms with E-state index >= 15 is 0 Å². The molecule has 4 saturated carbocycles. The van der Waals surface area contributed by atoms with Gasteiger partial charge in [0, 0.05) is 12.1 Å². The van der Waals surface area contributed by atoms with E-state index in [-0.39, 0.29) is 5.92 Å². The molecule has 0 saturated heterocycles. The van der Waals surface area contributed by atoms with E-state index in [9.17, 15) is 4.79 Å². The Bertz CT molecular complexity index is 822. The predicted molar refractivity (Wildman–Crippen MR) is 112 cm³/mol. The lowest BCUT2D eigenvalue weighted by Gasteiger charge is -2.57. The molecule has 0 amide bonds. The maximum absolute atomic E-state index is 13.1. The lowest BCUT2D eigenvalue weighted by atomic mass is 9.47. The highest BCUT2D eigenvalue weighted by Crippen LogP contribution is 2.63. The Morgan fingerprint density at radius 2 is 1.90 bits per heavy atom. The number of hydrogen-bond acceptors (Lipinski definition) is 3. The van der Waals surface area contributed by atoms with Gasteiger partial charge in [-0.15, -0.1) is 0 Å². The number of fused-ring (bicyclic) bond motifs is 5. The topological polar surface area (TPSA) is 58.7 Å². The Balaban J connectivity index is 1.28. The van der Waals surface area contributed by atoms with Crippen molar-refractivity contribution in [1.82, 2.24) is 9.78 Å². The fourth-order valence-electron chi connectivity index (χ4n) is 8.45. The number of Topliss-reactive ketones (excluding diaryl/α,β-unsaturated/α-hetero) is 1. The van der Waals surface area contributed by atoms with Gasteiger partial charge in [0.15, 0.2) is 5.78 Å². The molecule has 4 aliphatic carbocycles.